The lowest BCUT2D eigenvalue weighted by atomic mass is 10.0. The molecular weight excluding hydrogens is 335 g/mol. The Kier molecular flexibility index (Phi) is 4.04. The maximum absolute atomic E-state index is 14.7. The van der Waals surface area contributed by atoms with E-state index < -0.39 is 16.8 Å². The van der Waals surface area contributed by atoms with Crippen LogP contribution in [0.3, 0.4) is 0 Å². The van der Waals surface area contributed by atoms with Gasteiger partial charge in [-0.15, -0.1) is 0 Å². The zero-order valence-electron chi connectivity index (χ0n) is 13.4. The zero-order valence-corrected chi connectivity index (χ0v) is 14.1. The van der Waals surface area contributed by atoms with Crippen LogP contribution in [0.5, 0.6) is 0 Å². The van der Waals surface area contributed by atoms with Crippen LogP contribution in [0.4, 0.5) is 10.3 Å². The molecule has 0 amide bonds. The number of hydrogen-bond donors (Lipinski definition) is 1. The third-order valence-corrected chi connectivity index (χ3v) is 4.20. The van der Waals surface area contributed by atoms with Crippen molar-refractivity contribution in [1.29, 1.82) is 0 Å². The molecule has 3 rings (SSSR count). The number of aromatic amines is 1. The summed E-state index contributed by atoms with van der Waals surface area (Å²) in [6.45, 7) is 5.64. The van der Waals surface area contributed by atoms with Crippen molar-refractivity contribution in [2.24, 2.45) is 0 Å². The van der Waals surface area contributed by atoms with E-state index in [2.05, 4.69) is 9.97 Å². The molecule has 0 aliphatic carbocycles. The molecule has 1 aliphatic rings. The van der Waals surface area contributed by atoms with E-state index in [0.717, 1.165) is 10.1 Å². The van der Waals surface area contributed by atoms with Crippen molar-refractivity contribution < 1.29 is 4.48 Å². The van der Waals surface area contributed by atoms with Crippen molar-refractivity contribution in [3.8, 4) is 5.69 Å². The summed E-state index contributed by atoms with van der Waals surface area (Å²) >= 11 is 5.92. The maximum atomic E-state index is 14.7. The molecule has 0 spiro atoms. The van der Waals surface area contributed by atoms with E-state index in [9.17, 15) is 14.1 Å². The monoisotopic (exact) mass is 350 g/mol. The van der Waals surface area contributed by atoms with Crippen LogP contribution in [0, 0.1) is 6.92 Å². The molecule has 0 aromatic carbocycles. The van der Waals surface area contributed by atoms with Crippen LogP contribution < -0.4 is 16.4 Å². The summed E-state index contributed by atoms with van der Waals surface area (Å²) in [7, 11) is 0. The van der Waals surface area contributed by atoms with Crippen LogP contribution in [-0.2, 0) is 0 Å². The molecule has 24 heavy (non-hydrogen) atoms. The van der Waals surface area contributed by atoms with Crippen molar-refractivity contribution in [1.82, 2.24) is 14.5 Å². The summed E-state index contributed by atoms with van der Waals surface area (Å²) in [4.78, 5) is 31.1. The van der Waals surface area contributed by atoms with Gasteiger partial charge in [-0.3, -0.25) is 14.8 Å². The first-order valence-electron chi connectivity index (χ1n) is 7.45. The fourth-order valence-electron chi connectivity index (χ4n) is 2.76. The van der Waals surface area contributed by atoms with Crippen LogP contribution in [0.15, 0.2) is 27.9 Å². The Morgan fingerprint density at radius 1 is 1.38 bits per heavy atom. The first-order chi connectivity index (χ1) is 11.3. The van der Waals surface area contributed by atoms with Gasteiger partial charge in [0.25, 0.3) is 5.56 Å². The Hall–Kier alpha value is -2.41. The van der Waals surface area contributed by atoms with Crippen molar-refractivity contribution >= 4 is 23.5 Å². The van der Waals surface area contributed by atoms with E-state index in [-0.39, 0.29) is 22.4 Å². The van der Waals surface area contributed by atoms with Crippen molar-refractivity contribution in [2.45, 2.75) is 32.2 Å². The van der Waals surface area contributed by atoms with Gasteiger partial charge in [-0.25, -0.2) is 9.36 Å². The Morgan fingerprint density at radius 2 is 2.08 bits per heavy atom. The van der Waals surface area contributed by atoms with Crippen LogP contribution in [0.2, 0.25) is 0 Å². The Balaban J connectivity index is 2.47. The lowest BCUT2D eigenvalue weighted by Crippen LogP contribution is -2.39. The van der Waals surface area contributed by atoms with Gasteiger partial charge in [0.15, 0.2) is 11.3 Å². The molecule has 0 bridgehead atoms. The number of pyridine rings is 1. The third-order valence-electron chi connectivity index (χ3n) is 3.89. The van der Waals surface area contributed by atoms with Gasteiger partial charge in [0.2, 0.25) is 0 Å². The maximum Gasteiger partial charge on any atom is 0.334 e. The molecule has 0 radical (unpaired) electrons. The fraction of sp³-hybridized carbons (Fsp3) is 0.312. The summed E-state index contributed by atoms with van der Waals surface area (Å²) < 4.78 is 15.8. The predicted octanol–water partition coefficient (Wildman–Crippen LogP) is 2.64. The van der Waals surface area contributed by atoms with E-state index in [0.29, 0.717) is 11.4 Å². The Morgan fingerprint density at radius 3 is 2.75 bits per heavy atom. The van der Waals surface area contributed by atoms with E-state index in [1.54, 1.807) is 19.2 Å². The highest BCUT2D eigenvalue weighted by molar-refractivity contribution is 6.23. The van der Waals surface area contributed by atoms with E-state index >= 15 is 0 Å². The van der Waals surface area contributed by atoms with Crippen LogP contribution in [-0.4, -0.2) is 20.0 Å². The second kappa shape index (κ2) is 5.90. The third kappa shape index (κ3) is 2.45. The van der Waals surface area contributed by atoms with Crippen molar-refractivity contribution in [3.05, 3.63) is 56.0 Å². The second-order valence-corrected chi connectivity index (χ2v) is 6.34. The van der Waals surface area contributed by atoms with Gasteiger partial charge in [0, 0.05) is 6.20 Å². The lowest BCUT2D eigenvalue weighted by Gasteiger charge is -2.27. The average molecular weight is 351 g/mol. The molecule has 1 unspecified atom stereocenters. The van der Waals surface area contributed by atoms with E-state index in [1.807, 2.05) is 13.8 Å². The number of H-pyrrole nitrogens is 1. The Bertz CT molecular complexity index is 948. The van der Waals surface area contributed by atoms with E-state index in [1.165, 1.54) is 12.2 Å². The number of aryl methyl sites for hydroxylation is 1. The van der Waals surface area contributed by atoms with Gasteiger partial charge < -0.3 is 0 Å². The summed E-state index contributed by atoms with van der Waals surface area (Å²) in [5.41, 5.74) is -0.664. The normalized spacial score (nSPS) is 16.6. The highest BCUT2D eigenvalue weighted by atomic mass is 35.5. The van der Waals surface area contributed by atoms with Crippen LogP contribution in [0.25, 0.3) is 11.8 Å². The number of alkyl halides is 1. The van der Waals surface area contributed by atoms with Gasteiger partial charge in [-0.05, 0) is 36.6 Å². The Labute approximate surface area is 142 Å². The molecule has 1 aliphatic heterocycles. The molecule has 8 heteroatoms. The molecule has 2 aromatic heterocycles. The lowest BCUT2D eigenvalue weighted by molar-refractivity contribution is 0.424. The molecular formula is C16H16ClFN4O2. The van der Waals surface area contributed by atoms with Crippen LogP contribution >= 0.6 is 11.6 Å². The quantitative estimate of drug-likeness (QED) is 0.513. The first kappa shape index (κ1) is 16.4. The SMILES string of the molecule is Cc1ccnc(C(C)C)c1-n1c2c(c(=O)[nH]c1=O)C=CC(Cl)N2F. The summed E-state index contributed by atoms with van der Waals surface area (Å²) in [6, 6.07) is 1.73. The minimum absolute atomic E-state index is 0.00614. The number of hydrogen-bond acceptors (Lipinski definition) is 4. The molecule has 1 N–H and O–H groups in total. The fourth-order valence-corrected chi connectivity index (χ4v) is 2.92. The highest BCUT2D eigenvalue weighted by Gasteiger charge is 2.29. The van der Waals surface area contributed by atoms with Gasteiger partial charge in [-0.2, -0.15) is 5.12 Å². The minimum Gasteiger partial charge on any atom is -0.273 e. The number of aromatic nitrogens is 3. The average Bonchev–Trinajstić information content (AvgIpc) is 2.52. The zero-order chi connectivity index (χ0) is 17.6. The number of halogens is 2. The number of fused-ring (bicyclic) bond motifs is 1. The second-order valence-electron chi connectivity index (χ2n) is 5.89. The molecule has 1 atom stereocenters. The molecule has 126 valence electrons. The van der Waals surface area contributed by atoms with Gasteiger partial charge in [0.1, 0.15) is 0 Å². The minimum atomic E-state index is -1.11. The van der Waals surface area contributed by atoms with Crippen molar-refractivity contribution in [3.63, 3.8) is 0 Å². The molecule has 6 nitrogen and oxygen atoms in total. The van der Waals surface area contributed by atoms with E-state index in [4.69, 9.17) is 11.6 Å². The molecule has 2 aromatic rings. The first-order valence-corrected chi connectivity index (χ1v) is 7.89. The summed E-state index contributed by atoms with van der Waals surface area (Å²) in [6.07, 6.45) is 4.39. The number of anilines is 1. The summed E-state index contributed by atoms with van der Waals surface area (Å²) in [5.74, 6) is -0.197. The van der Waals surface area contributed by atoms with Crippen LogP contribution in [0.1, 0.15) is 36.6 Å². The molecule has 0 fully saturated rings. The standard InChI is InChI=1S/C16H16ClFN4O2/c1-8(2)12-13(9(3)6-7-19-12)21-15-10(14(23)20-16(21)24)4-5-11(17)22(15)18/h4-8,11H,1-3H3,(H,20,23,24). The molecule has 3 heterocycles. The van der Waals surface area contributed by atoms with Gasteiger partial charge >= 0.3 is 5.69 Å². The molecule has 0 saturated heterocycles. The number of nitrogens with one attached hydrogen (secondary N) is 1. The summed E-state index contributed by atoms with van der Waals surface area (Å²) in [5, 5.41) is 0.212. The number of rotatable bonds is 2. The predicted molar refractivity (Wildman–Crippen MR) is 91.5 cm³/mol. The number of nitrogens with zero attached hydrogens (tertiary/aromatic N) is 3. The largest absolute Gasteiger partial charge is 0.334 e. The highest BCUT2D eigenvalue weighted by Crippen LogP contribution is 2.32. The van der Waals surface area contributed by atoms with Gasteiger partial charge in [-0.1, -0.05) is 29.9 Å². The topological polar surface area (TPSA) is 71.0 Å². The molecule has 0 saturated carbocycles. The smallest absolute Gasteiger partial charge is 0.273 e. The van der Waals surface area contributed by atoms with Gasteiger partial charge in [0.05, 0.1) is 16.9 Å². The van der Waals surface area contributed by atoms with Crippen molar-refractivity contribution in [2.75, 3.05) is 5.12 Å².